The van der Waals surface area contributed by atoms with E-state index >= 15 is 0 Å². The van der Waals surface area contributed by atoms with Crippen molar-refractivity contribution in [3.05, 3.63) is 35.9 Å². The fourth-order valence-electron chi connectivity index (χ4n) is 2.16. The molecule has 81 valence electrons. The second kappa shape index (κ2) is 5.29. The summed E-state index contributed by atoms with van der Waals surface area (Å²) in [6, 6.07) is 11.2. The van der Waals surface area contributed by atoms with Crippen LogP contribution in [0, 0.1) is 0 Å². The average molecular weight is 203 g/mol. The molecule has 15 heavy (non-hydrogen) atoms. The van der Waals surface area contributed by atoms with Crippen molar-refractivity contribution in [1.29, 1.82) is 0 Å². The highest BCUT2D eigenvalue weighted by atomic mass is 15.1. The lowest BCUT2D eigenvalue weighted by Crippen LogP contribution is -2.31. The highest BCUT2D eigenvalue weighted by molar-refractivity contribution is 5.14. The SMILES string of the molecule is CN(Cc1ccccc1)CC1CCC[N]1. The predicted molar refractivity (Wildman–Crippen MR) is 62.8 cm³/mol. The van der Waals surface area contributed by atoms with Crippen LogP contribution in [0.1, 0.15) is 18.4 Å². The van der Waals surface area contributed by atoms with Crippen molar-refractivity contribution in [3.8, 4) is 0 Å². The summed E-state index contributed by atoms with van der Waals surface area (Å²) in [5.74, 6) is 0. The van der Waals surface area contributed by atoms with Gasteiger partial charge in [0.25, 0.3) is 0 Å². The largest absolute Gasteiger partial charge is 0.301 e. The molecule has 0 aromatic heterocycles. The molecule has 0 saturated carbocycles. The summed E-state index contributed by atoms with van der Waals surface area (Å²) >= 11 is 0. The van der Waals surface area contributed by atoms with Gasteiger partial charge in [0, 0.05) is 25.7 Å². The predicted octanol–water partition coefficient (Wildman–Crippen LogP) is 1.89. The fourth-order valence-corrected chi connectivity index (χ4v) is 2.16. The minimum atomic E-state index is 0.582. The topological polar surface area (TPSA) is 17.3 Å². The van der Waals surface area contributed by atoms with Gasteiger partial charge in [-0.25, -0.2) is 5.32 Å². The zero-order valence-electron chi connectivity index (χ0n) is 9.39. The molecule has 1 heterocycles. The first kappa shape index (κ1) is 10.7. The smallest absolute Gasteiger partial charge is 0.0373 e. The van der Waals surface area contributed by atoms with E-state index in [1.165, 1.54) is 18.4 Å². The Morgan fingerprint density at radius 3 is 2.80 bits per heavy atom. The first-order valence-electron chi connectivity index (χ1n) is 5.73. The summed E-state index contributed by atoms with van der Waals surface area (Å²) in [7, 11) is 2.18. The van der Waals surface area contributed by atoms with Crippen LogP contribution >= 0.6 is 0 Å². The van der Waals surface area contributed by atoms with Gasteiger partial charge in [0.2, 0.25) is 0 Å². The van der Waals surface area contributed by atoms with Gasteiger partial charge >= 0.3 is 0 Å². The zero-order valence-corrected chi connectivity index (χ0v) is 9.39. The van der Waals surface area contributed by atoms with Crippen molar-refractivity contribution < 1.29 is 0 Å². The Bertz CT molecular complexity index is 278. The van der Waals surface area contributed by atoms with Crippen LogP contribution < -0.4 is 5.32 Å². The molecular weight excluding hydrogens is 184 g/mol. The van der Waals surface area contributed by atoms with Crippen LogP contribution in [0.25, 0.3) is 0 Å². The van der Waals surface area contributed by atoms with E-state index in [4.69, 9.17) is 0 Å². The first-order valence-corrected chi connectivity index (χ1v) is 5.73. The lowest BCUT2D eigenvalue weighted by molar-refractivity contribution is 0.291. The molecule has 0 amide bonds. The molecule has 1 aliphatic rings. The molecule has 0 bridgehead atoms. The van der Waals surface area contributed by atoms with Gasteiger partial charge < -0.3 is 4.90 Å². The van der Waals surface area contributed by atoms with E-state index in [9.17, 15) is 0 Å². The molecule has 0 spiro atoms. The lowest BCUT2D eigenvalue weighted by Gasteiger charge is -2.20. The monoisotopic (exact) mass is 203 g/mol. The Hall–Kier alpha value is -0.860. The van der Waals surface area contributed by atoms with Crippen LogP contribution in [0.4, 0.5) is 0 Å². The molecule has 1 saturated heterocycles. The summed E-state index contributed by atoms with van der Waals surface area (Å²) in [5, 5.41) is 4.58. The third kappa shape index (κ3) is 3.33. The van der Waals surface area contributed by atoms with Gasteiger partial charge in [0.1, 0.15) is 0 Å². The summed E-state index contributed by atoms with van der Waals surface area (Å²) in [5.41, 5.74) is 1.39. The quantitative estimate of drug-likeness (QED) is 0.730. The van der Waals surface area contributed by atoms with E-state index in [0.717, 1.165) is 19.6 Å². The van der Waals surface area contributed by atoms with Gasteiger partial charge in [0.15, 0.2) is 0 Å². The van der Waals surface area contributed by atoms with Crippen LogP contribution in [0.2, 0.25) is 0 Å². The molecule has 1 aromatic carbocycles. The first-order chi connectivity index (χ1) is 7.34. The molecule has 2 heteroatoms. The fraction of sp³-hybridized carbons (Fsp3) is 0.538. The highest BCUT2D eigenvalue weighted by Gasteiger charge is 2.16. The van der Waals surface area contributed by atoms with Crippen molar-refractivity contribution in [2.24, 2.45) is 0 Å². The van der Waals surface area contributed by atoms with E-state index in [2.05, 4.69) is 47.6 Å². The third-order valence-corrected chi connectivity index (χ3v) is 2.90. The van der Waals surface area contributed by atoms with Crippen LogP contribution in [0.15, 0.2) is 30.3 Å². The molecule has 2 nitrogen and oxygen atoms in total. The Labute approximate surface area is 92.3 Å². The molecule has 1 unspecified atom stereocenters. The normalized spacial score (nSPS) is 21.1. The maximum absolute atomic E-state index is 4.58. The van der Waals surface area contributed by atoms with Gasteiger partial charge in [0.05, 0.1) is 0 Å². The Morgan fingerprint density at radius 1 is 1.33 bits per heavy atom. The van der Waals surface area contributed by atoms with Crippen molar-refractivity contribution in [2.45, 2.75) is 25.4 Å². The second-order valence-corrected chi connectivity index (χ2v) is 4.38. The van der Waals surface area contributed by atoms with Crippen molar-refractivity contribution in [3.63, 3.8) is 0 Å². The van der Waals surface area contributed by atoms with E-state index in [1.807, 2.05) is 0 Å². The Kier molecular flexibility index (Phi) is 3.75. The van der Waals surface area contributed by atoms with E-state index in [0.29, 0.717) is 6.04 Å². The van der Waals surface area contributed by atoms with Gasteiger partial charge in [-0.15, -0.1) is 0 Å². The van der Waals surface area contributed by atoms with Gasteiger partial charge in [-0.3, -0.25) is 0 Å². The molecule has 0 aliphatic carbocycles. The maximum atomic E-state index is 4.58. The molecular formula is C13H19N2. The molecule has 0 N–H and O–H groups in total. The van der Waals surface area contributed by atoms with Crippen molar-refractivity contribution in [1.82, 2.24) is 10.2 Å². The van der Waals surface area contributed by atoms with Gasteiger partial charge in [-0.1, -0.05) is 30.3 Å². The minimum Gasteiger partial charge on any atom is -0.301 e. The van der Waals surface area contributed by atoms with E-state index in [-0.39, 0.29) is 0 Å². The Balaban J connectivity index is 1.79. The maximum Gasteiger partial charge on any atom is 0.0373 e. The summed E-state index contributed by atoms with van der Waals surface area (Å²) in [4.78, 5) is 2.37. The average Bonchev–Trinajstić information content (AvgIpc) is 2.71. The number of nitrogens with zero attached hydrogens (tertiary/aromatic N) is 2. The van der Waals surface area contributed by atoms with Crippen molar-refractivity contribution in [2.75, 3.05) is 20.1 Å². The van der Waals surface area contributed by atoms with Crippen LogP contribution in [-0.4, -0.2) is 31.1 Å². The number of benzene rings is 1. The summed E-state index contributed by atoms with van der Waals surface area (Å²) < 4.78 is 0. The molecule has 1 radical (unpaired) electrons. The standard InChI is InChI=1S/C13H19N2/c1-15(11-13-8-5-9-14-13)10-12-6-3-2-4-7-12/h2-4,6-7,13H,5,8-11H2,1H3. The number of likely N-dealkylation sites (N-methyl/N-ethyl adjacent to an activating group) is 1. The molecule has 1 aromatic rings. The van der Waals surface area contributed by atoms with E-state index in [1.54, 1.807) is 0 Å². The highest BCUT2D eigenvalue weighted by Crippen LogP contribution is 2.10. The van der Waals surface area contributed by atoms with Crippen LogP contribution in [0.5, 0.6) is 0 Å². The van der Waals surface area contributed by atoms with Crippen LogP contribution in [-0.2, 0) is 6.54 Å². The van der Waals surface area contributed by atoms with Gasteiger partial charge in [-0.05, 0) is 25.5 Å². The molecule has 1 fully saturated rings. The van der Waals surface area contributed by atoms with Crippen molar-refractivity contribution >= 4 is 0 Å². The lowest BCUT2D eigenvalue weighted by atomic mass is 10.2. The summed E-state index contributed by atoms with van der Waals surface area (Å²) in [6.07, 6.45) is 2.56. The number of hydrogen-bond acceptors (Lipinski definition) is 1. The van der Waals surface area contributed by atoms with Gasteiger partial charge in [-0.2, -0.15) is 0 Å². The zero-order chi connectivity index (χ0) is 10.5. The minimum absolute atomic E-state index is 0.582. The molecule has 2 rings (SSSR count). The number of rotatable bonds is 4. The summed E-state index contributed by atoms with van der Waals surface area (Å²) in [6.45, 7) is 3.21. The van der Waals surface area contributed by atoms with Crippen LogP contribution in [0.3, 0.4) is 0 Å². The second-order valence-electron chi connectivity index (χ2n) is 4.38. The molecule has 1 atom stereocenters. The Morgan fingerprint density at radius 2 is 2.13 bits per heavy atom. The number of hydrogen-bond donors (Lipinski definition) is 0. The van der Waals surface area contributed by atoms with E-state index < -0.39 is 0 Å². The third-order valence-electron chi connectivity index (χ3n) is 2.90. The molecule has 1 aliphatic heterocycles.